The van der Waals surface area contributed by atoms with Gasteiger partial charge in [-0.3, -0.25) is 9.48 Å². The fourth-order valence-electron chi connectivity index (χ4n) is 4.03. The lowest BCUT2D eigenvalue weighted by Gasteiger charge is -2.28. The summed E-state index contributed by atoms with van der Waals surface area (Å²) in [5.74, 6) is -0.0484. The van der Waals surface area contributed by atoms with E-state index < -0.39 is 0 Å². The zero-order valence-electron chi connectivity index (χ0n) is 17.9. The number of carbonyl (C=O) groups excluding carboxylic acids is 1. The molecule has 0 radical (unpaired) electrons. The van der Waals surface area contributed by atoms with Crippen molar-refractivity contribution in [2.75, 3.05) is 18.0 Å². The topological polar surface area (TPSA) is 50.2 Å². The molecule has 1 amide bonds. The second-order valence-corrected chi connectivity index (χ2v) is 8.18. The zero-order chi connectivity index (χ0) is 20.9. The van der Waals surface area contributed by atoms with Crippen LogP contribution in [-0.2, 0) is 13.1 Å². The second kappa shape index (κ2) is 9.16. The molecule has 5 nitrogen and oxygen atoms in total. The van der Waals surface area contributed by atoms with Crippen LogP contribution in [0.2, 0.25) is 0 Å². The van der Waals surface area contributed by atoms with Crippen molar-refractivity contribution in [1.29, 1.82) is 0 Å². The summed E-state index contributed by atoms with van der Waals surface area (Å²) in [5.41, 5.74) is 6.37. The fraction of sp³-hybridized carbons (Fsp3) is 0.360. The lowest BCUT2D eigenvalue weighted by Crippen LogP contribution is -2.29. The molecular formula is C25H30N4O. The quantitative estimate of drug-likeness (QED) is 0.662. The number of benzene rings is 2. The Morgan fingerprint density at radius 1 is 0.933 bits per heavy atom. The highest BCUT2D eigenvalue weighted by Gasteiger charge is 2.11. The van der Waals surface area contributed by atoms with E-state index in [1.54, 1.807) is 0 Å². The predicted octanol–water partition coefficient (Wildman–Crippen LogP) is 4.47. The van der Waals surface area contributed by atoms with E-state index in [2.05, 4.69) is 52.6 Å². The van der Waals surface area contributed by atoms with Gasteiger partial charge in [-0.25, -0.2) is 0 Å². The molecule has 0 spiro atoms. The van der Waals surface area contributed by atoms with Crippen LogP contribution in [0.4, 0.5) is 5.69 Å². The Kier molecular flexibility index (Phi) is 6.17. The molecule has 4 rings (SSSR count). The summed E-state index contributed by atoms with van der Waals surface area (Å²) in [6.07, 6.45) is 3.89. The van der Waals surface area contributed by atoms with Crippen molar-refractivity contribution < 1.29 is 4.79 Å². The number of anilines is 1. The van der Waals surface area contributed by atoms with E-state index in [1.165, 1.54) is 24.9 Å². The van der Waals surface area contributed by atoms with E-state index in [0.29, 0.717) is 18.7 Å². The molecule has 1 fully saturated rings. The van der Waals surface area contributed by atoms with Crippen LogP contribution in [0.15, 0.2) is 54.6 Å². The molecule has 0 atom stereocenters. The Hall–Kier alpha value is -3.08. The maximum Gasteiger partial charge on any atom is 0.251 e. The third-order valence-electron chi connectivity index (χ3n) is 5.76. The first kappa shape index (κ1) is 20.2. The molecule has 30 heavy (non-hydrogen) atoms. The summed E-state index contributed by atoms with van der Waals surface area (Å²) < 4.78 is 1.98. The average Bonchev–Trinajstić information content (AvgIpc) is 3.10. The zero-order valence-corrected chi connectivity index (χ0v) is 17.9. The fourth-order valence-corrected chi connectivity index (χ4v) is 4.03. The molecule has 1 saturated heterocycles. The number of aromatic nitrogens is 2. The molecule has 5 heteroatoms. The predicted molar refractivity (Wildman–Crippen MR) is 121 cm³/mol. The monoisotopic (exact) mass is 402 g/mol. The van der Waals surface area contributed by atoms with Crippen LogP contribution < -0.4 is 10.2 Å². The van der Waals surface area contributed by atoms with Crippen LogP contribution in [0.3, 0.4) is 0 Å². The first-order valence-electron chi connectivity index (χ1n) is 10.8. The van der Waals surface area contributed by atoms with E-state index >= 15 is 0 Å². The summed E-state index contributed by atoms with van der Waals surface area (Å²) >= 11 is 0. The Labute approximate surface area is 178 Å². The molecule has 0 aliphatic carbocycles. The van der Waals surface area contributed by atoms with Gasteiger partial charge < -0.3 is 10.2 Å². The van der Waals surface area contributed by atoms with Gasteiger partial charge in [0, 0.05) is 36.6 Å². The van der Waals surface area contributed by atoms with Crippen LogP contribution in [0, 0.1) is 13.8 Å². The number of nitrogens with zero attached hydrogens (tertiary/aromatic N) is 3. The van der Waals surface area contributed by atoms with E-state index in [9.17, 15) is 4.79 Å². The molecule has 0 bridgehead atoms. The summed E-state index contributed by atoms with van der Waals surface area (Å²) in [7, 11) is 0. The molecular weight excluding hydrogens is 372 g/mol. The Bertz CT molecular complexity index is 983. The Morgan fingerprint density at radius 2 is 1.60 bits per heavy atom. The van der Waals surface area contributed by atoms with Crippen LogP contribution in [0.5, 0.6) is 0 Å². The van der Waals surface area contributed by atoms with Gasteiger partial charge in [0.1, 0.15) is 0 Å². The van der Waals surface area contributed by atoms with E-state index in [1.807, 2.05) is 35.9 Å². The third kappa shape index (κ3) is 4.90. The summed E-state index contributed by atoms with van der Waals surface area (Å²) in [4.78, 5) is 15.0. The average molecular weight is 403 g/mol. The molecule has 1 aromatic heterocycles. The van der Waals surface area contributed by atoms with Crippen molar-refractivity contribution in [2.24, 2.45) is 0 Å². The molecule has 2 heterocycles. The Balaban J connectivity index is 1.31. The molecule has 0 saturated carbocycles. The van der Waals surface area contributed by atoms with Crippen molar-refractivity contribution in [3.8, 4) is 0 Å². The molecule has 2 aromatic carbocycles. The van der Waals surface area contributed by atoms with Crippen LogP contribution in [0.25, 0.3) is 0 Å². The van der Waals surface area contributed by atoms with Crippen LogP contribution in [0.1, 0.15) is 52.1 Å². The van der Waals surface area contributed by atoms with Gasteiger partial charge in [0.2, 0.25) is 0 Å². The summed E-state index contributed by atoms with van der Waals surface area (Å²) in [5, 5.41) is 7.52. The smallest absolute Gasteiger partial charge is 0.251 e. The number of aryl methyl sites for hydroxylation is 2. The molecule has 1 aliphatic rings. The number of hydrogen-bond acceptors (Lipinski definition) is 3. The van der Waals surface area contributed by atoms with Crippen molar-refractivity contribution >= 4 is 11.6 Å². The SMILES string of the molecule is Cc1cc(C)n(Cc2ccc(C(=O)NCc3ccc(N4CCCCC4)cc3)cc2)n1. The minimum atomic E-state index is -0.0484. The summed E-state index contributed by atoms with van der Waals surface area (Å²) in [6.45, 7) is 7.59. The van der Waals surface area contributed by atoms with Gasteiger partial charge in [0.25, 0.3) is 5.91 Å². The lowest BCUT2D eigenvalue weighted by atomic mass is 10.1. The van der Waals surface area contributed by atoms with Crippen molar-refractivity contribution in [2.45, 2.75) is 46.2 Å². The molecule has 0 unspecified atom stereocenters. The van der Waals surface area contributed by atoms with Crippen molar-refractivity contribution in [3.63, 3.8) is 0 Å². The van der Waals surface area contributed by atoms with E-state index in [0.717, 1.165) is 35.6 Å². The van der Waals surface area contributed by atoms with Crippen molar-refractivity contribution in [1.82, 2.24) is 15.1 Å². The van der Waals surface area contributed by atoms with Crippen LogP contribution >= 0.6 is 0 Å². The minimum absolute atomic E-state index is 0.0484. The van der Waals surface area contributed by atoms with Gasteiger partial charge in [-0.15, -0.1) is 0 Å². The van der Waals surface area contributed by atoms with E-state index in [-0.39, 0.29) is 5.91 Å². The number of piperidine rings is 1. The molecule has 1 aliphatic heterocycles. The number of amides is 1. The number of hydrogen-bond donors (Lipinski definition) is 1. The number of rotatable bonds is 6. The van der Waals surface area contributed by atoms with Gasteiger partial charge in [0.05, 0.1) is 12.2 Å². The minimum Gasteiger partial charge on any atom is -0.372 e. The standard InChI is InChI=1S/C25H30N4O/c1-19-16-20(2)29(27-19)18-22-6-10-23(11-7-22)25(30)26-17-21-8-12-24(13-9-21)28-14-4-3-5-15-28/h6-13,16H,3-5,14-15,17-18H2,1-2H3,(H,26,30). The summed E-state index contributed by atoms with van der Waals surface area (Å²) in [6, 6.07) is 18.4. The van der Waals surface area contributed by atoms with E-state index in [4.69, 9.17) is 0 Å². The first-order chi connectivity index (χ1) is 14.6. The highest BCUT2D eigenvalue weighted by atomic mass is 16.1. The molecule has 3 aromatic rings. The number of carbonyl (C=O) groups is 1. The van der Waals surface area contributed by atoms with Gasteiger partial charge in [-0.1, -0.05) is 24.3 Å². The maximum absolute atomic E-state index is 12.5. The largest absolute Gasteiger partial charge is 0.372 e. The normalized spacial score (nSPS) is 14.0. The van der Waals surface area contributed by atoms with Gasteiger partial charge in [-0.2, -0.15) is 5.10 Å². The highest BCUT2D eigenvalue weighted by Crippen LogP contribution is 2.20. The van der Waals surface area contributed by atoms with Crippen molar-refractivity contribution in [3.05, 3.63) is 82.7 Å². The first-order valence-corrected chi connectivity index (χ1v) is 10.8. The highest BCUT2D eigenvalue weighted by molar-refractivity contribution is 5.94. The lowest BCUT2D eigenvalue weighted by molar-refractivity contribution is 0.0951. The number of nitrogens with one attached hydrogen (secondary N) is 1. The maximum atomic E-state index is 12.5. The molecule has 1 N–H and O–H groups in total. The second-order valence-electron chi connectivity index (χ2n) is 8.18. The Morgan fingerprint density at radius 3 is 2.23 bits per heavy atom. The van der Waals surface area contributed by atoms with Gasteiger partial charge in [-0.05, 0) is 74.6 Å². The van der Waals surface area contributed by atoms with Gasteiger partial charge in [0.15, 0.2) is 0 Å². The third-order valence-corrected chi connectivity index (χ3v) is 5.76. The van der Waals surface area contributed by atoms with Crippen LogP contribution in [-0.4, -0.2) is 28.8 Å². The molecule has 156 valence electrons. The van der Waals surface area contributed by atoms with Gasteiger partial charge >= 0.3 is 0 Å².